The van der Waals surface area contributed by atoms with Crippen molar-refractivity contribution in [3.8, 4) is 5.75 Å². The van der Waals surface area contributed by atoms with Crippen LogP contribution in [0.2, 0.25) is 5.02 Å². The fraction of sp³-hybridized carbons (Fsp3) is 0.100. The van der Waals surface area contributed by atoms with Crippen molar-refractivity contribution in [1.29, 1.82) is 0 Å². The Morgan fingerprint density at radius 1 is 1.47 bits per heavy atom. The first kappa shape index (κ1) is 13.6. The third-order valence-corrected chi connectivity index (χ3v) is 4.17. The highest BCUT2D eigenvalue weighted by atomic mass is 35.5. The standard InChI is InChI=1S/C10H9ClFN3O3S/c1-15-10(7(11)5-13-15)19(17,18)14-8-4-6(12)2-3-9(8)16/h2-5,14,16H,1H3. The van der Waals surface area contributed by atoms with Gasteiger partial charge >= 0.3 is 0 Å². The predicted octanol–water partition coefficient (Wildman–Crippen LogP) is 1.72. The Hall–Kier alpha value is -1.80. The molecule has 0 aliphatic carbocycles. The Morgan fingerprint density at radius 3 is 2.74 bits per heavy atom. The van der Waals surface area contributed by atoms with E-state index < -0.39 is 21.6 Å². The first-order chi connectivity index (χ1) is 8.81. The molecule has 0 spiro atoms. The van der Waals surface area contributed by atoms with E-state index in [0.29, 0.717) is 0 Å². The van der Waals surface area contributed by atoms with Crippen LogP contribution in [0.15, 0.2) is 29.4 Å². The molecule has 0 radical (unpaired) electrons. The van der Waals surface area contributed by atoms with Gasteiger partial charge in [-0.2, -0.15) is 13.5 Å². The van der Waals surface area contributed by atoms with Crippen LogP contribution in [0.1, 0.15) is 0 Å². The molecule has 9 heteroatoms. The number of hydrogen-bond donors (Lipinski definition) is 2. The van der Waals surface area contributed by atoms with Crippen LogP contribution in [-0.4, -0.2) is 23.3 Å². The van der Waals surface area contributed by atoms with Gasteiger partial charge in [-0.15, -0.1) is 0 Å². The summed E-state index contributed by atoms with van der Waals surface area (Å²) in [7, 11) is -2.68. The van der Waals surface area contributed by atoms with Crippen molar-refractivity contribution in [1.82, 2.24) is 9.78 Å². The second kappa shape index (κ2) is 4.71. The van der Waals surface area contributed by atoms with Gasteiger partial charge < -0.3 is 5.11 Å². The highest BCUT2D eigenvalue weighted by Crippen LogP contribution is 2.28. The zero-order valence-electron chi connectivity index (χ0n) is 9.63. The molecule has 0 aliphatic rings. The first-order valence-corrected chi connectivity index (χ1v) is 6.86. The molecular formula is C10H9ClFN3O3S. The number of phenols is 1. The molecule has 6 nitrogen and oxygen atoms in total. The molecule has 1 aromatic carbocycles. The van der Waals surface area contributed by atoms with E-state index in [2.05, 4.69) is 5.10 Å². The molecule has 1 aromatic heterocycles. The van der Waals surface area contributed by atoms with Gasteiger partial charge in [0.15, 0.2) is 5.03 Å². The number of nitrogens with one attached hydrogen (secondary N) is 1. The maximum atomic E-state index is 13.0. The van der Waals surface area contributed by atoms with Crippen LogP contribution in [0.5, 0.6) is 5.75 Å². The number of benzene rings is 1. The fourth-order valence-electron chi connectivity index (χ4n) is 1.48. The number of nitrogens with zero attached hydrogens (tertiary/aromatic N) is 2. The molecule has 0 aliphatic heterocycles. The SMILES string of the molecule is Cn1ncc(Cl)c1S(=O)(=O)Nc1cc(F)ccc1O. The summed E-state index contributed by atoms with van der Waals surface area (Å²) in [6.45, 7) is 0. The summed E-state index contributed by atoms with van der Waals surface area (Å²) < 4.78 is 40.3. The lowest BCUT2D eigenvalue weighted by Gasteiger charge is -2.10. The van der Waals surface area contributed by atoms with E-state index in [4.69, 9.17) is 11.6 Å². The second-order valence-corrected chi connectivity index (χ2v) is 5.69. The van der Waals surface area contributed by atoms with Crippen molar-refractivity contribution >= 4 is 27.3 Å². The summed E-state index contributed by atoms with van der Waals surface area (Å²) in [5, 5.41) is 12.8. The van der Waals surface area contributed by atoms with E-state index in [1.54, 1.807) is 0 Å². The van der Waals surface area contributed by atoms with Crippen molar-refractivity contribution in [3.63, 3.8) is 0 Å². The lowest BCUT2D eigenvalue weighted by Crippen LogP contribution is -2.17. The zero-order chi connectivity index (χ0) is 14.2. The number of aromatic hydroxyl groups is 1. The maximum absolute atomic E-state index is 13.0. The van der Waals surface area contributed by atoms with Crippen LogP contribution in [0, 0.1) is 5.82 Å². The van der Waals surface area contributed by atoms with Crippen LogP contribution in [-0.2, 0) is 17.1 Å². The summed E-state index contributed by atoms with van der Waals surface area (Å²) in [4.78, 5) is 0. The summed E-state index contributed by atoms with van der Waals surface area (Å²) in [5.41, 5.74) is -0.280. The summed E-state index contributed by atoms with van der Waals surface area (Å²) in [6.07, 6.45) is 1.17. The molecular weight excluding hydrogens is 297 g/mol. The maximum Gasteiger partial charge on any atom is 0.280 e. The second-order valence-electron chi connectivity index (χ2n) is 3.69. The molecule has 2 rings (SSSR count). The number of rotatable bonds is 3. The van der Waals surface area contributed by atoms with Gasteiger partial charge in [0.2, 0.25) is 0 Å². The molecule has 1 heterocycles. The van der Waals surface area contributed by atoms with Gasteiger partial charge in [-0.3, -0.25) is 9.40 Å². The lowest BCUT2D eigenvalue weighted by atomic mass is 10.3. The average Bonchev–Trinajstić information content (AvgIpc) is 2.64. The highest BCUT2D eigenvalue weighted by molar-refractivity contribution is 7.92. The number of sulfonamides is 1. The minimum Gasteiger partial charge on any atom is -0.506 e. The molecule has 0 fully saturated rings. The van der Waals surface area contributed by atoms with Gasteiger partial charge in [0.1, 0.15) is 11.6 Å². The Kier molecular flexibility index (Phi) is 3.38. The van der Waals surface area contributed by atoms with Crippen LogP contribution < -0.4 is 4.72 Å². The Bertz CT molecular complexity index is 710. The van der Waals surface area contributed by atoms with Crippen molar-refractivity contribution in [2.45, 2.75) is 5.03 Å². The van der Waals surface area contributed by atoms with Gasteiger partial charge in [0.05, 0.1) is 16.9 Å². The van der Waals surface area contributed by atoms with Crippen molar-refractivity contribution in [3.05, 3.63) is 35.2 Å². The Morgan fingerprint density at radius 2 is 2.16 bits per heavy atom. The number of halogens is 2. The van der Waals surface area contributed by atoms with Gasteiger partial charge in [0, 0.05) is 13.1 Å². The van der Waals surface area contributed by atoms with E-state index in [-0.39, 0.29) is 15.7 Å². The molecule has 2 N–H and O–H groups in total. The van der Waals surface area contributed by atoms with E-state index >= 15 is 0 Å². The van der Waals surface area contributed by atoms with Crippen LogP contribution in [0.3, 0.4) is 0 Å². The van der Waals surface area contributed by atoms with Gasteiger partial charge in [-0.25, -0.2) is 4.39 Å². The molecule has 0 bridgehead atoms. The first-order valence-electron chi connectivity index (χ1n) is 5.00. The summed E-state index contributed by atoms with van der Waals surface area (Å²) in [6, 6.07) is 2.90. The van der Waals surface area contributed by atoms with E-state index in [9.17, 15) is 17.9 Å². The van der Waals surface area contributed by atoms with Crippen LogP contribution in [0.4, 0.5) is 10.1 Å². The van der Waals surface area contributed by atoms with Crippen molar-refractivity contribution in [2.24, 2.45) is 7.05 Å². The van der Waals surface area contributed by atoms with Gasteiger partial charge in [0.25, 0.3) is 10.0 Å². The van der Waals surface area contributed by atoms with Crippen molar-refractivity contribution < 1.29 is 17.9 Å². The fourth-order valence-corrected chi connectivity index (χ4v) is 3.21. The van der Waals surface area contributed by atoms with Gasteiger partial charge in [-0.1, -0.05) is 11.6 Å². The monoisotopic (exact) mass is 305 g/mol. The summed E-state index contributed by atoms with van der Waals surface area (Å²) >= 11 is 5.73. The van der Waals surface area contributed by atoms with Gasteiger partial charge in [-0.05, 0) is 12.1 Å². The van der Waals surface area contributed by atoms with E-state index in [1.165, 1.54) is 13.2 Å². The van der Waals surface area contributed by atoms with Crippen molar-refractivity contribution in [2.75, 3.05) is 4.72 Å². The quantitative estimate of drug-likeness (QED) is 0.846. The van der Waals surface area contributed by atoms with Crippen LogP contribution in [0.25, 0.3) is 0 Å². The number of anilines is 1. The molecule has 2 aromatic rings. The molecule has 102 valence electrons. The van der Waals surface area contributed by atoms with Crippen LogP contribution >= 0.6 is 11.6 Å². The molecule has 19 heavy (non-hydrogen) atoms. The number of phenolic OH excluding ortho intramolecular Hbond substituents is 1. The average molecular weight is 306 g/mol. The highest BCUT2D eigenvalue weighted by Gasteiger charge is 2.24. The smallest absolute Gasteiger partial charge is 0.280 e. The Balaban J connectivity index is 2.45. The predicted molar refractivity (Wildman–Crippen MR) is 67.1 cm³/mol. The van der Waals surface area contributed by atoms with E-state index in [0.717, 1.165) is 22.9 Å². The number of aryl methyl sites for hydroxylation is 1. The molecule has 0 atom stereocenters. The largest absolute Gasteiger partial charge is 0.506 e. The molecule has 0 saturated carbocycles. The summed E-state index contributed by atoms with van der Waals surface area (Å²) in [5.74, 6) is -1.09. The number of hydrogen-bond acceptors (Lipinski definition) is 4. The zero-order valence-corrected chi connectivity index (χ0v) is 11.2. The topological polar surface area (TPSA) is 84.2 Å². The minimum atomic E-state index is -4.08. The minimum absolute atomic E-state index is 0.0779. The Labute approximate surface area is 113 Å². The lowest BCUT2D eigenvalue weighted by molar-refractivity contribution is 0.475. The molecule has 0 amide bonds. The normalized spacial score (nSPS) is 11.5. The molecule has 0 saturated heterocycles. The third kappa shape index (κ3) is 2.64. The third-order valence-electron chi connectivity index (χ3n) is 2.30. The number of aromatic nitrogens is 2. The molecule has 0 unspecified atom stereocenters. The van der Waals surface area contributed by atoms with E-state index in [1.807, 2.05) is 4.72 Å².